The van der Waals surface area contributed by atoms with Crippen LogP contribution in [0.1, 0.15) is 38.3 Å². The summed E-state index contributed by atoms with van der Waals surface area (Å²) >= 11 is 0. The number of ether oxygens (including phenoxy) is 1. The maximum atomic E-state index is 13.7. The van der Waals surface area contributed by atoms with Crippen molar-refractivity contribution < 1.29 is 13.5 Å². The van der Waals surface area contributed by atoms with E-state index in [0.29, 0.717) is 5.56 Å². The van der Waals surface area contributed by atoms with E-state index < -0.39 is 11.6 Å². The van der Waals surface area contributed by atoms with Crippen molar-refractivity contribution in [3.05, 3.63) is 35.4 Å². The van der Waals surface area contributed by atoms with Crippen LogP contribution in [-0.4, -0.2) is 19.8 Å². The lowest BCUT2D eigenvalue weighted by Gasteiger charge is -2.26. The number of rotatable bonds is 6. The molecular formula is C14H21F2NO. The van der Waals surface area contributed by atoms with Gasteiger partial charge in [-0.3, -0.25) is 0 Å². The van der Waals surface area contributed by atoms with Crippen molar-refractivity contribution in [2.45, 2.75) is 38.3 Å². The Labute approximate surface area is 107 Å². The Hall–Kier alpha value is -1.00. The normalized spacial score (nSPS) is 13.7. The molecule has 1 N–H and O–H groups in total. The standard InChI is InChI=1S/C14H21F2NO/c1-14(2,18-4)8-7-13(17-3)11-6-5-10(15)9-12(11)16/h5-6,9,13,17H,7-8H2,1-4H3. The Morgan fingerprint density at radius 3 is 2.50 bits per heavy atom. The lowest BCUT2D eigenvalue weighted by molar-refractivity contribution is 0.0117. The van der Waals surface area contributed by atoms with E-state index in [1.807, 2.05) is 13.8 Å². The Balaban J connectivity index is 2.77. The summed E-state index contributed by atoms with van der Waals surface area (Å²) in [7, 11) is 3.43. The first-order valence-electron chi connectivity index (χ1n) is 6.07. The molecule has 102 valence electrons. The zero-order valence-electron chi connectivity index (χ0n) is 11.4. The molecule has 0 aliphatic carbocycles. The molecule has 0 heterocycles. The molecule has 0 aliphatic heterocycles. The van der Waals surface area contributed by atoms with Crippen molar-refractivity contribution in [2.75, 3.05) is 14.2 Å². The Morgan fingerprint density at radius 1 is 1.33 bits per heavy atom. The zero-order chi connectivity index (χ0) is 13.8. The first kappa shape index (κ1) is 15.1. The van der Waals surface area contributed by atoms with Crippen molar-refractivity contribution in [1.29, 1.82) is 0 Å². The van der Waals surface area contributed by atoms with E-state index in [2.05, 4.69) is 5.32 Å². The summed E-state index contributed by atoms with van der Waals surface area (Å²) in [6, 6.07) is 3.55. The summed E-state index contributed by atoms with van der Waals surface area (Å²) in [5.41, 5.74) is 0.247. The summed E-state index contributed by atoms with van der Waals surface area (Å²) in [5.74, 6) is -1.06. The smallest absolute Gasteiger partial charge is 0.130 e. The van der Waals surface area contributed by atoms with Gasteiger partial charge < -0.3 is 10.1 Å². The van der Waals surface area contributed by atoms with Gasteiger partial charge >= 0.3 is 0 Å². The van der Waals surface area contributed by atoms with Gasteiger partial charge in [0.05, 0.1) is 5.60 Å². The molecule has 0 aromatic heterocycles. The van der Waals surface area contributed by atoms with Gasteiger partial charge in [-0.25, -0.2) is 8.78 Å². The average molecular weight is 257 g/mol. The summed E-state index contributed by atoms with van der Waals surface area (Å²) in [6.45, 7) is 3.97. The van der Waals surface area contributed by atoms with Crippen LogP contribution in [0.15, 0.2) is 18.2 Å². The number of hydrogen-bond acceptors (Lipinski definition) is 2. The van der Waals surface area contributed by atoms with Gasteiger partial charge in [-0.05, 0) is 39.8 Å². The predicted octanol–water partition coefficient (Wildman–Crippen LogP) is 3.43. The quantitative estimate of drug-likeness (QED) is 0.843. The second kappa shape index (κ2) is 6.25. The van der Waals surface area contributed by atoms with Crippen molar-refractivity contribution >= 4 is 0 Å². The first-order chi connectivity index (χ1) is 8.39. The molecule has 1 rings (SSSR count). The number of benzene rings is 1. The van der Waals surface area contributed by atoms with Gasteiger partial charge in [-0.15, -0.1) is 0 Å². The molecule has 0 bridgehead atoms. The van der Waals surface area contributed by atoms with Crippen molar-refractivity contribution in [3.63, 3.8) is 0 Å². The third-order valence-electron chi connectivity index (χ3n) is 3.27. The molecule has 0 spiro atoms. The second-order valence-corrected chi connectivity index (χ2v) is 5.01. The van der Waals surface area contributed by atoms with Crippen molar-refractivity contribution in [3.8, 4) is 0 Å². The maximum Gasteiger partial charge on any atom is 0.130 e. The van der Waals surface area contributed by atoms with Crippen LogP contribution in [0, 0.1) is 11.6 Å². The van der Waals surface area contributed by atoms with Crippen molar-refractivity contribution in [1.82, 2.24) is 5.32 Å². The molecule has 0 fully saturated rings. The second-order valence-electron chi connectivity index (χ2n) is 5.01. The molecule has 18 heavy (non-hydrogen) atoms. The molecule has 1 atom stereocenters. The van der Waals surface area contributed by atoms with Crippen LogP contribution < -0.4 is 5.32 Å². The molecule has 0 radical (unpaired) electrons. The highest BCUT2D eigenvalue weighted by Gasteiger charge is 2.21. The number of hydrogen-bond donors (Lipinski definition) is 1. The van der Waals surface area contributed by atoms with E-state index in [4.69, 9.17) is 4.74 Å². The molecule has 0 amide bonds. The summed E-state index contributed by atoms with van der Waals surface area (Å²) in [4.78, 5) is 0. The van der Waals surface area contributed by atoms with Gasteiger partial charge in [0.15, 0.2) is 0 Å². The Bertz CT molecular complexity index is 393. The third-order valence-corrected chi connectivity index (χ3v) is 3.27. The summed E-state index contributed by atoms with van der Waals surface area (Å²) in [6.07, 6.45) is 1.51. The van der Waals surface area contributed by atoms with Crippen LogP contribution >= 0.6 is 0 Å². The number of halogens is 2. The van der Waals surface area contributed by atoms with E-state index in [1.54, 1.807) is 14.2 Å². The molecule has 0 saturated carbocycles. The minimum absolute atomic E-state index is 0.139. The van der Waals surface area contributed by atoms with Crippen LogP contribution in [0.5, 0.6) is 0 Å². The molecule has 0 saturated heterocycles. The summed E-state index contributed by atoms with van der Waals surface area (Å²) in [5, 5.41) is 3.06. The zero-order valence-corrected chi connectivity index (χ0v) is 11.4. The van der Waals surface area contributed by atoms with E-state index in [-0.39, 0.29) is 11.6 Å². The van der Waals surface area contributed by atoms with Gasteiger partial charge in [-0.1, -0.05) is 6.07 Å². The molecule has 1 aromatic rings. The summed E-state index contributed by atoms with van der Waals surface area (Å²) < 4.78 is 31.9. The number of nitrogens with one attached hydrogen (secondary N) is 1. The Morgan fingerprint density at radius 2 is 2.00 bits per heavy atom. The van der Waals surface area contributed by atoms with Gasteiger partial charge in [-0.2, -0.15) is 0 Å². The molecule has 2 nitrogen and oxygen atoms in total. The minimum Gasteiger partial charge on any atom is -0.379 e. The Kier molecular flexibility index (Phi) is 5.23. The van der Waals surface area contributed by atoms with E-state index in [1.165, 1.54) is 12.1 Å². The van der Waals surface area contributed by atoms with Gasteiger partial charge in [0.1, 0.15) is 11.6 Å². The highest BCUT2D eigenvalue weighted by atomic mass is 19.1. The van der Waals surface area contributed by atoms with Crippen LogP contribution in [0.3, 0.4) is 0 Å². The highest BCUT2D eigenvalue weighted by Crippen LogP contribution is 2.26. The molecular weight excluding hydrogens is 236 g/mol. The maximum absolute atomic E-state index is 13.7. The van der Waals surface area contributed by atoms with Crippen LogP contribution in [-0.2, 0) is 4.74 Å². The van der Waals surface area contributed by atoms with E-state index in [0.717, 1.165) is 18.9 Å². The van der Waals surface area contributed by atoms with Crippen molar-refractivity contribution in [2.24, 2.45) is 0 Å². The molecule has 4 heteroatoms. The van der Waals surface area contributed by atoms with Gasteiger partial charge in [0, 0.05) is 24.8 Å². The van der Waals surface area contributed by atoms with Crippen LogP contribution in [0.4, 0.5) is 8.78 Å². The minimum atomic E-state index is -0.552. The fourth-order valence-corrected chi connectivity index (χ4v) is 1.83. The fraction of sp³-hybridized carbons (Fsp3) is 0.571. The molecule has 1 unspecified atom stereocenters. The largest absolute Gasteiger partial charge is 0.379 e. The SMILES string of the molecule is CNC(CCC(C)(C)OC)c1ccc(F)cc1F. The molecule has 1 aromatic carbocycles. The van der Waals surface area contributed by atoms with Crippen LogP contribution in [0.2, 0.25) is 0 Å². The lowest BCUT2D eigenvalue weighted by Crippen LogP contribution is -2.26. The third kappa shape index (κ3) is 4.03. The van der Waals surface area contributed by atoms with Gasteiger partial charge in [0.2, 0.25) is 0 Å². The first-order valence-corrected chi connectivity index (χ1v) is 6.07. The monoisotopic (exact) mass is 257 g/mol. The lowest BCUT2D eigenvalue weighted by atomic mass is 9.94. The highest BCUT2D eigenvalue weighted by molar-refractivity contribution is 5.22. The topological polar surface area (TPSA) is 21.3 Å². The molecule has 0 aliphatic rings. The van der Waals surface area contributed by atoms with E-state index >= 15 is 0 Å². The number of methoxy groups -OCH3 is 1. The van der Waals surface area contributed by atoms with Gasteiger partial charge in [0.25, 0.3) is 0 Å². The predicted molar refractivity (Wildman–Crippen MR) is 68.5 cm³/mol. The average Bonchev–Trinajstić information content (AvgIpc) is 2.32. The van der Waals surface area contributed by atoms with Crippen LogP contribution in [0.25, 0.3) is 0 Å². The fourth-order valence-electron chi connectivity index (χ4n) is 1.83. The van der Waals surface area contributed by atoms with E-state index in [9.17, 15) is 8.78 Å².